The van der Waals surface area contributed by atoms with Crippen LogP contribution in [0.15, 0.2) is 55.0 Å². The second-order valence-corrected chi connectivity index (χ2v) is 8.31. The molecule has 1 spiro atoms. The van der Waals surface area contributed by atoms with E-state index in [1.165, 1.54) is 43.6 Å². The molecular formula is C23H21FN4. The smallest absolute Gasteiger partial charge is 0.136 e. The molecule has 1 aliphatic heterocycles. The number of fused-ring (bicyclic) bond motifs is 2. The van der Waals surface area contributed by atoms with E-state index >= 15 is 0 Å². The van der Waals surface area contributed by atoms with Crippen LogP contribution >= 0.6 is 0 Å². The Morgan fingerprint density at radius 1 is 0.964 bits per heavy atom. The van der Waals surface area contributed by atoms with Crippen LogP contribution in [0.5, 0.6) is 0 Å². The van der Waals surface area contributed by atoms with Gasteiger partial charge in [0, 0.05) is 42.7 Å². The number of rotatable bonds is 2. The normalized spacial score (nSPS) is 17.6. The van der Waals surface area contributed by atoms with Crippen molar-refractivity contribution in [2.75, 3.05) is 0 Å². The topological polar surface area (TPSA) is 35.1 Å². The van der Waals surface area contributed by atoms with Gasteiger partial charge in [-0.15, -0.1) is 0 Å². The Morgan fingerprint density at radius 2 is 1.75 bits per heavy atom. The van der Waals surface area contributed by atoms with Crippen molar-refractivity contribution in [3.8, 4) is 22.5 Å². The van der Waals surface area contributed by atoms with Crippen molar-refractivity contribution in [3.05, 3.63) is 66.6 Å². The van der Waals surface area contributed by atoms with E-state index in [0.717, 1.165) is 41.1 Å². The van der Waals surface area contributed by atoms with Crippen LogP contribution in [0.3, 0.4) is 0 Å². The summed E-state index contributed by atoms with van der Waals surface area (Å²) in [5.74, 6) is 0.948. The molecule has 0 bridgehead atoms. The number of hydrogen-bond donors (Lipinski definition) is 0. The largest absolute Gasteiger partial charge is 0.327 e. The lowest BCUT2D eigenvalue weighted by Crippen LogP contribution is -2.18. The maximum Gasteiger partial charge on any atom is 0.136 e. The first-order valence-electron chi connectivity index (χ1n) is 9.99. The third-order valence-electron chi connectivity index (χ3n) is 6.52. The van der Waals surface area contributed by atoms with E-state index in [1.54, 1.807) is 0 Å². The highest BCUT2D eigenvalue weighted by atomic mass is 19.1. The second kappa shape index (κ2) is 5.77. The van der Waals surface area contributed by atoms with E-state index in [4.69, 9.17) is 4.98 Å². The number of halogens is 1. The number of pyridine rings is 1. The van der Waals surface area contributed by atoms with Crippen LogP contribution in [-0.2, 0) is 13.0 Å². The zero-order valence-electron chi connectivity index (χ0n) is 15.6. The summed E-state index contributed by atoms with van der Waals surface area (Å²) >= 11 is 0. The third-order valence-corrected chi connectivity index (χ3v) is 6.52. The van der Waals surface area contributed by atoms with Crippen molar-refractivity contribution in [3.63, 3.8) is 0 Å². The molecule has 1 fully saturated rings. The molecule has 3 aromatic heterocycles. The van der Waals surface area contributed by atoms with Crippen LogP contribution in [0.4, 0.5) is 4.39 Å². The molecule has 6 rings (SSSR count). The molecule has 0 unspecified atom stereocenters. The number of nitrogens with zero attached hydrogens (tertiary/aromatic N) is 4. The minimum Gasteiger partial charge on any atom is -0.327 e. The lowest BCUT2D eigenvalue weighted by Gasteiger charge is -2.22. The molecule has 0 radical (unpaired) electrons. The zero-order valence-corrected chi connectivity index (χ0v) is 15.6. The van der Waals surface area contributed by atoms with E-state index in [2.05, 4.69) is 21.8 Å². The fourth-order valence-electron chi connectivity index (χ4n) is 5.15. The number of imidazole rings is 2. The van der Waals surface area contributed by atoms with E-state index < -0.39 is 0 Å². The molecule has 140 valence electrons. The molecule has 1 saturated carbocycles. The Hall–Kier alpha value is -2.95. The molecular weight excluding hydrogens is 351 g/mol. The van der Waals surface area contributed by atoms with Crippen molar-refractivity contribution in [1.29, 1.82) is 0 Å². The van der Waals surface area contributed by atoms with Gasteiger partial charge in [0.05, 0.1) is 11.4 Å². The molecule has 0 saturated heterocycles. The van der Waals surface area contributed by atoms with Gasteiger partial charge >= 0.3 is 0 Å². The summed E-state index contributed by atoms with van der Waals surface area (Å²) in [5.41, 5.74) is 5.49. The van der Waals surface area contributed by atoms with Crippen molar-refractivity contribution in [1.82, 2.24) is 18.9 Å². The number of benzene rings is 1. The first-order chi connectivity index (χ1) is 13.7. The Bertz CT molecular complexity index is 1180. The van der Waals surface area contributed by atoms with Crippen LogP contribution in [-0.4, -0.2) is 18.9 Å². The van der Waals surface area contributed by atoms with Gasteiger partial charge in [0.25, 0.3) is 0 Å². The minimum atomic E-state index is -0.221. The number of hydrogen-bond acceptors (Lipinski definition) is 2. The summed E-state index contributed by atoms with van der Waals surface area (Å²) < 4.78 is 18.0. The molecule has 0 N–H and O–H groups in total. The Balaban J connectivity index is 1.55. The maximum atomic E-state index is 13.5. The van der Waals surface area contributed by atoms with E-state index in [-0.39, 0.29) is 5.82 Å². The quantitative estimate of drug-likeness (QED) is 0.489. The van der Waals surface area contributed by atoms with Gasteiger partial charge in [0.2, 0.25) is 0 Å². The van der Waals surface area contributed by atoms with E-state index in [9.17, 15) is 4.39 Å². The van der Waals surface area contributed by atoms with E-state index in [1.807, 2.05) is 35.0 Å². The van der Waals surface area contributed by atoms with Crippen molar-refractivity contribution in [2.24, 2.45) is 5.41 Å². The molecule has 1 aromatic carbocycles. The maximum absolute atomic E-state index is 13.5. The van der Waals surface area contributed by atoms with Gasteiger partial charge in [-0.1, -0.05) is 12.8 Å². The molecule has 4 aromatic rings. The van der Waals surface area contributed by atoms with Crippen molar-refractivity contribution >= 4 is 5.65 Å². The van der Waals surface area contributed by atoms with Gasteiger partial charge in [-0.3, -0.25) is 0 Å². The first kappa shape index (κ1) is 16.0. The second-order valence-electron chi connectivity index (χ2n) is 8.31. The summed E-state index contributed by atoms with van der Waals surface area (Å²) in [7, 11) is 0. The lowest BCUT2D eigenvalue weighted by molar-refractivity contribution is 0.291. The molecule has 4 nitrogen and oxygen atoms in total. The highest BCUT2D eigenvalue weighted by Gasteiger charge is 2.42. The van der Waals surface area contributed by atoms with Crippen LogP contribution in [0.1, 0.15) is 31.5 Å². The fourth-order valence-corrected chi connectivity index (χ4v) is 5.15. The standard InChI is InChI=1S/C23H21FN4/c24-18-6-3-16(4-7-18)21-22(17-5-8-19-25-11-12-27(19)14-17)28-15-23(9-1-2-10-23)13-20(28)26-21/h3-8,11-12,14H,1-2,9-10,13,15H2. The van der Waals surface area contributed by atoms with Crippen LogP contribution in [0.2, 0.25) is 0 Å². The van der Waals surface area contributed by atoms with Gasteiger partial charge < -0.3 is 8.97 Å². The summed E-state index contributed by atoms with van der Waals surface area (Å²) in [6.07, 6.45) is 12.2. The summed E-state index contributed by atoms with van der Waals surface area (Å²) in [6, 6.07) is 10.9. The molecule has 5 heteroatoms. The highest BCUT2D eigenvalue weighted by Crippen LogP contribution is 2.49. The van der Waals surface area contributed by atoms with Crippen LogP contribution < -0.4 is 0 Å². The highest BCUT2D eigenvalue weighted by molar-refractivity contribution is 5.79. The third kappa shape index (κ3) is 2.35. The molecule has 0 atom stereocenters. The van der Waals surface area contributed by atoms with Crippen LogP contribution in [0, 0.1) is 11.2 Å². The van der Waals surface area contributed by atoms with E-state index in [0.29, 0.717) is 5.41 Å². The Labute approximate surface area is 162 Å². The number of aromatic nitrogens is 4. The Morgan fingerprint density at radius 3 is 2.57 bits per heavy atom. The molecule has 1 aliphatic carbocycles. The average Bonchev–Trinajstić information content (AvgIpc) is 3.46. The lowest BCUT2D eigenvalue weighted by atomic mass is 9.85. The van der Waals surface area contributed by atoms with Gasteiger partial charge in [-0.25, -0.2) is 14.4 Å². The van der Waals surface area contributed by atoms with Gasteiger partial charge in [-0.2, -0.15) is 0 Å². The summed E-state index contributed by atoms with van der Waals surface area (Å²) in [6.45, 7) is 1.04. The zero-order chi connectivity index (χ0) is 18.7. The molecule has 28 heavy (non-hydrogen) atoms. The van der Waals surface area contributed by atoms with Crippen LogP contribution in [0.25, 0.3) is 28.2 Å². The van der Waals surface area contributed by atoms with Gasteiger partial charge in [0.1, 0.15) is 17.3 Å². The summed E-state index contributed by atoms with van der Waals surface area (Å²) in [5, 5.41) is 0. The molecule has 4 heterocycles. The summed E-state index contributed by atoms with van der Waals surface area (Å²) in [4.78, 5) is 9.43. The SMILES string of the molecule is Fc1ccc(-c2nc3n(c2-c2ccc4nccn4c2)CC2(CCCC2)C3)cc1. The monoisotopic (exact) mass is 372 g/mol. The average molecular weight is 372 g/mol. The predicted molar refractivity (Wildman–Crippen MR) is 106 cm³/mol. The minimum absolute atomic E-state index is 0.221. The first-order valence-corrected chi connectivity index (χ1v) is 9.99. The van der Waals surface area contributed by atoms with Gasteiger partial charge in [-0.05, 0) is 54.7 Å². The predicted octanol–water partition coefficient (Wildman–Crippen LogP) is 5.12. The molecule has 2 aliphatic rings. The van der Waals surface area contributed by atoms with Crippen molar-refractivity contribution < 1.29 is 4.39 Å². The van der Waals surface area contributed by atoms with Gasteiger partial charge in [0.15, 0.2) is 0 Å². The molecule has 0 amide bonds. The fraction of sp³-hybridized carbons (Fsp3) is 0.304. The van der Waals surface area contributed by atoms with Crippen molar-refractivity contribution in [2.45, 2.75) is 38.6 Å². The Kier molecular flexibility index (Phi) is 3.31.